The third-order valence-electron chi connectivity index (χ3n) is 3.57. The number of aromatic nitrogens is 1. The van der Waals surface area contributed by atoms with Gasteiger partial charge in [0.15, 0.2) is 0 Å². The molecule has 0 aliphatic rings. The zero-order chi connectivity index (χ0) is 15.0. The smallest absolute Gasteiger partial charge is 0.251 e. The summed E-state index contributed by atoms with van der Waals surface area (Å²) in [7, 11) is 1.81. The molecule has 0 radical (unpaired) electrons. The zero-order valence-corrected chi connectivity index (χ0v) is 13.1. The van der Waals surface area contributed by atoms with Crippen LogP contribution in [0.5, 0.6) is 0 Å². The topological polar surface area (TPSA) is 54.0 Å². The van der Waals surface area contributed by atoms with Gasteiger partial charge >= 0.3 is 0 Å². The highest BCUT2D eigenvalue weighted by atomic mass is 16.1. The number of carbonyl (C=O) groups excluding carboxylic acids is 1. The molecule has 1 rings (SSSR count). The molecule has 0 aromatic carbocycles. The monoisotopic (exact) mass is 277 g/mol. The number of rotatable bonds is 8. The van der Waals surface area contributed by atoms with Gasteiger partial charge in [0.05, 0.1) is 0 Å². The number of pyridine rings is 1. The quantitative estimate of drug-likeness (QED) is 0.766. The van der Waals surface area contributed by atoms with Crippen molar-refractivity contribution < 1.29 is 4.79 Å². The van der Waals surface area contributed by atoms with Crippen LogP contribution in [0.15, 0.2) is 12.1 Å². The molecule has 4 nitrogen and oxygen atoms in total. The molecule has 1 unspecified atom stereocenters. The van der Waals surface area contributed by atoms with Crippen molar-refractivity contribution in [2.45, 2.75) is 46.5 Å². The van der Waals surface area contributed by atoms with Gasteiger partial charge in [0.2, 0.25) is 0 Å². The van der Waals surface area contributed by atoms with Crippen molar-refractivity contribution in [1.82, 2.24) is 10.3 Å². The third kappa shape index (κ3) is 5.19. The molecule has 0 aliphatic heterocycles. The van der Waals surface area contributed by atoms with E-state index in [-0.39, 0.29) is 5.91 Å². The van der Waals surface area contributed by atoms with E-state index in [0.717, 1.165) is 24.5 Å². The minimum atomic E-state index is -0.0121. The van der Waals surface area contributed by atoms with Crippen molar-refractivity contribution in [1.29, 1.82) is 0 Å². The first-order chi connectivity index (χ1) is 9.60. The van der Waals surface area contributed by atoms with Crippen LogP contribution in [0.25, 0.3) is 0 Å². The molecular weight excluding hydrogens is 250 g/mol. The molecule has 20 heavy (non-hydrogen) atoms. The first kappa shape index (κ1) is 16.5. The first-order valence-corrected chi connectivity index (χ1v) is 7.55. The van der Waals surface area contributed by atoms with Crippen LogP contribution in [0.1, 0.15) is 55.6 Å². The van der Waals surface area contributed by atoms with Gasteiger partial charge in [0.25, 0.3) is 5.91 Å². The van der Waals surface area contributed by atoms with Crippen molar-refractivity contribution in [3.05, 3.63) is 23.4 Å². The highest BCUT2D eigenvalue weighted by Crippen LogP contribution is 2.13. The van der Waals surface area contributed by atoms with E-state index < -0.39 is 0 Å². The second-order valence-corrected chi connectivity index (χ2v) is 5.26. The minimum absolute atomic E-state index is 0.0121. The van der Waals surface area contributed by atoms with E-state index in [0.29, 0.717) is 11.5 Å². The fourth-order valence-corrected chi connectivity index (χ4v) is 2.21. The summed E-state index contributed by atoms with van der Waals surface area (Å²) in [6.45, 7) is 7.03. The minimum Gasteiger partial charge on any atom is -0.373 e. The maximum atomic E-state index is 12.2. The summed E-state index contributed by atoms with van der Waals surface area (Å²) in [5, 5.41) is 6.02. The predicted octanol–water partition coefficient (Wildman–Crippen LogP) is 3.38. The molecule has 0 bridgehead atoms. The molecule has 1 aromatic heterocycles. The summed E-state index contributed by atoms with van der Waals surface area (Å²) in [6.07, 6.45) is 4.73. The van der Waals surface area contributed by atoms with Gasteiger partial charge in [-0.3, -0.25) is 4.79 Å². The molecular formula is C16H27N3O. The number of unbranched alkanes of at least 4 members (excludes halogenated alkanes) is 1. The van der Waals surface area contributed by atoms with E-state index in [2.05, 4.69) is 29.5 Å². The highest BCUT2D eigenvalue weighted by molar-refractivity contribution is 5.94. The molecule has 0 aliphatic carbocycles. The summed E-state index contributed by atoms with van der Waals surface area (Å²) in [6, 6.07) is 3.61. The van der Waals surface area contributed by atoms with Crippen LogP contribution in [-0.4, -0.2) is 24.5 Å². The molecule has 2 N–H and O–H groups in total. The highest BCUT2D eigenvalue weighted by Gasteiger charge is 2.11. The van der Waals surface area contributed by atoms with Crippen LogP contribution in [-0.2, 0) is 0 Å². The SMILES string of the molecule is CCCCC(CC)CNC(=O)c1cc(C)nc(NC)c1. The molecule has 1 atom stereocenters. The second-order valence-electron chi connectivity index (χ2n) is 5.26. The van der Waals surface area contributed by atoms with Gasteiger partial charge in [0, 0.05) is 24.8 Å². The number of nitrogens with zero attached hydrogens (tertiary/aromatic N) is 1. The fourth-order valence-electron chi connectivity index (χ4n) is 2.21. The van der Waals surface area contributed by atoms with Crippen molar-refractivity contribution >= 4 is 11.7 Å². The van der Waals surface area contributed by atoms with E-state index in [1.807, 2.05) is 13.0 Å². The Morgan fingerprint density at radius 1 is 1.35 bits per heavy atom. The first-order valence-electron chi connectivity index (χ1n) is 7.55. The summed E-state index contributed by atoms with van der Waals surface area (Å²) in [5.74, 6) is 1.29. The predicted molar refractivity (Wildman–Crippen MR) is 84.2 cm³/mol. The molecule has 112 valence electrons. The average Bonchev–Trinajstić information content (AvgIpc) is 2.46. The Bertz CT molecular complexity index is 432. The number of hydrogen-bond acceptors (Lipinski definition) is 3. The Kier molecular flexibility index (Phi) is 7.05. The van der Waals surface area contributed by atoms with E-state index in [4.69, 9.17) is 0 Å². The third-order valence-corrected chi connectivity index (χ3v) is 3.57. The second kappa shape index (κ2) is 8.56. The average molecular weight is 277 g/mol. The van der Waals surface area contributed by atoms with Gasteiger partial charge in [-0.1, -0.05) is 33.1 Å². The van der Waals surface area contributed by atoms with Gasteiger partial charge in [-0.2, -0.15) is 0 Å². The molecule has 0 fully saturated rings. The summed E-state index contributed by atoms with van der Waals surface area (Å²) < 4.78 is 0. The van der Waals surface area contributed by atoms with E-state index in [1.54, 1.807) is 13.1 Å². The molecule has 4 heteroatoms. The number of hydrogen-bond donors (Lipinski definition) is 2. The lowest BCUT2D eigenvalue weighted by molar-refractivity contribution is 0.0945. The van der Waals surface area contributed by atoms with Crippen molar-refractivity contribution in [2.24, 2.45) is 5.92 Å². The van der Waals surface area contributed by atoms with Crippen molar-refractivity contribution in [2.75, 3.05) is 18.9 Å². The van der Waals surface area contributed by atoms with Crippen LogP contribution >= 0.6 is 0 Å². The van der Waals surface area contributed by atoms with Crippen LogP contribution < -0.4 is 10.6 Å². The summed E-state index contributed by atoms with van der Waals surface area (Å²) in [4.78, 5) is 16.5. The maximum absolute atomic E-state index is 12.2. The number of amides is 1. The molecule has 0 saturated carbocycles. The summed E-state index contributed by atoms with van der Waals surface area (Å²) >= 11 is 0. The van der Waals surface area contributed by atoms with Crippen molar-refractivity contribution in [3.8, 4) is 0 Å². The van der Waals surface area contributed by atoms with E-state index in [9.17, 15) is 4.79 Å². The Balaban J connectivity index is 2.59. The number of anilines is 1. The van der Waals surface area contributed by atoms with E-state index in [1.165, 1.54) is 19.3 Å². The van der Waals surface area contributed by atoms with Gasteiger partial charge in [-0.15, -0.1) is 0 Å². The molecule has 0 saturated heterocycles. The van der Waals surface area contributed by atoms with Crippen LogP contribution in [0, 0.1) is 12.8 Å². The maximum Gasteiger partial charge on any atom is 0.251 e. The Morgan fingerprint density at radius 2 is 2.10 bits per heavy atom. The normalized spacial score (nSPS) is 12.0. The number of carbonyl (C=O) groups is 1. The molecule has 0 spiro atoms. The van der Waals surface area contributed by atoms with Gasteiger partial charge in [0.1, 0.15) is 5.82 Å². The van der Waals surface area contributed by atoms with Crippen LogP contribution in [0.4, 0.5) is 5.82 Å². The van der Waals surface area contributed by atoms with Gasteiger partial charge < -0.3 is 10.6 Å². The Hall–Kier alpha value is -1.58. The lowest BCUT2D eigenvalue weighted by Crippen LogP contribution is -2.29. The lowest BCUT2D eigenvalue weighted by atomic mass is 9.99. The number of aryl methyl sites for hydroxylation is 1. The molecule has 1 aromatic rings. The standard InChI is InChI=1S/C16H27N3O/c1-5-7-8-13(6-2)11-18-16(20)14-9-12(3)19-15(10-14)17-4/h9-10,13H,5-8,11H2,1-4H3,(H,17,19)(H,18,20). The largest absolute Gasteiger partial charge is 0.373 e. The van der Waals surface area contributed by atoms with Gasteiger partial charge in [-0.05, 0) is 31.4 Å². The Labute approximate surface area is 122 Å². The van der Waals surface area contributed by atoms with Crippen LogP contribution in [0.3, 0.4) is 0 Å². The Morgan fingerprint density at radius 3 is 2.70 bits per heavy atom. The van der Waals surface area contributed by atoms with Crippen LogP contribution in [0.2, 0.25) is 0 Å². The number of nitrogens with one attached hydrogen (secondary N) is 2. The molecule has 1 amide bonds. The zero-order valence-electron chi connectivity index (χ0n) is 13.1. The molecule has 1 heterocycles. The summed E-state index contributed by atoms with van der Waals surface area (Å²) in [5.41, 5.74) is 1.52. The van der Waals surface area contributed by atoms with Gasteiger partial charge in [-0.25, -0.2) is 4.98 Å². The fraction of sp³-hybridized carbons (Fsp3) is 0.625. The van der Waals surface area contributed by atoms with Crippen molar-refractivity contribution in [3.63, 3.8) is 0 Å². The van der Waals surface area contributed by atoms with E-state index >= 15 is 0 Å². The lowest BCUT2D eigenvalue weighted by Gasteiger charge is -2.15.